The zero-order valence-electron chi connectivity index (χ0n) is 8.38. The van der Waals surface area contributed by atoms with Crippen molar-refractivity contribution in [1.29, 1.82) is 0 Å². The lowest BCUT2D eigenvalue weighted by atomic mass is 10.0. The van der Waals surface area contributed by atoms with Crippen LogP contribution in [0.15, 0.2) is 18.2 Å². The molecule has 0 aliphatic carbocycles. The van der Waals surface area contributed by atoms with Crippen molar-refractivity contribution in [3.8, 4) is 0 Å². The molecule has 2 nitrogen and oxygen atoms in total. The van der Waals surface area contributed by atoms with Gasteiger partial charge < -0.3 is 5.73 Å². The van der Waals surface area contributed by atoms with E-state index in [2.05, 4.69) is 0 Å². The molecule has 1 aromatic rings. The lowest BCUT2D eigenvalue weighted by Crippen LogP contribution is -2.19. The molecule has 1 rings (SSSR count). The third-order valence-electron chi connectivity index (χ3n) is 2.00. The molecule has 0 spiro atoms. The van der Waals surface area contributed by atoms with Gasteiger partial charge in [0, 0.05) is 23.0 Å². The van der Waals surface area contributed by atoms with Crippen molar-refractivity contribution in [3.05, 3.63) is 34.3 Å². The number of benzene rings is 1. The van der Waals surface area contributed by atoms with Crippen molar-refractivity contribution in [3.63, 3.8) is 0 Å². The number of hydrogen-bond donors (Lipinski definition) is 1. The highest BCUT2D eigenvalue weighted by molar-refractivity contribution is 6.31. The van der Waals surface area contributed by atoms with Gasteiger partial charge in [0.05, 0.1) is 0 Å². The Labute approximate surface area is 89.1 Å². The van der Waals surface area contributed by atoms with Crippen LogP contribution in [0.5, 0.6) is 0 Å². The number of carbonyl (C=O) groups is 1. The van der Waals surface area contributed by atoms with Crippen molar-refractivity contribution < 1.29 is 4.79 Å². The van der Waals surface area contributed by atoms with Crippen molar-refractivity contribution >= 4 is 17.4 Å². The molecule has 0 bridgehead atoms. The molecule has 1 atom stereocenters. The zero-order valence-corrected chi connectivity index (χ0v) is 9.14. The van der Waals surface area contributed by atoms with Gasteiger partial charge in [0.15, 0.2) is 5.78 Å². The molecule has 0 aliphatic rings. The molecule has 2 N–H and O–H groups in total. The van der Waals surface area contributed by atoms with Crippen molar-refractivity contribution in [1.82, 2.24) is 0 Å². The molecular weight excluding hydrogens is 198 g/mol. The first-order valence-electron chi connectivity index (χ1n) is 4.55. The topological polar surface area (TPSA) is 43.1 Å². The summed E-state index contributed by atoms with van der Waals surface area (Å²) in [6.45, 7) is 3.72. The molecule has 0 radical (unpaired) electrons. The van der Waals surface area contributed by atoms with Gasteiger partial charge >= 0.3 is 0 Å². The van der Waals surface area contributed by atoms with E-state index in [1.54, 1.807) is 12.1 Å². The maximum Gasteiger partial charge on any atom is 0.164 e. The minimum Gasteiger partial charge on any atom is -0.328 e. The van der Waals surface area contributed by atoms with Crippen LogP contribution in [0.4, 0.5) is 0 Å². The minimum absolute atomic E-state index is 0.0434. The molecule has 0 saturated heterocycles. The quantitative estimate of drug-likeness (QED) is 0.781. The second-order valence-corrected chi connectivity index (χ2v) is 3.98. The lowest BCUT2D eigenvalue weighted by Gasteiger charge is -2.05. The fourth-order valence-electron chi connectivity index (χ4n) is 1.18. The van der Waals surface area contributed by atoms with Gasteiger partial charge in [0.25, 0.3) is 0 Å². The number of carbonyl (C=O) groups excluding carboxylic acids is 1. The SMILES string of the molecule is Cc1ccc(C(=O)CC(C)N)cc1Cl. The van der Waals surface area contributed by atoms with Crippen molar-refractivity contribution in [2.45, 2.75) is 26.3 Å². The summed E-state index contributed by atoms with van der Waals surface area (Å²) in [5.41, 5.74) is 7.16. The maximum absolute atomic E-state index is 11.6. The maximum atomic E-state index is 11.6. The van der Waals surface area contributed by atoms with Crippen molar-refractivity contribution in [2.75, 3.05) is 0 Å². The third kappa shape index (κ3) is 2.82. The largest absolute Gasteiger partial charge is 0.328 e. The summed E-state index contributed by atoms with van der Waals surface area (Å²) in [6.07, 6.45) is 0.361. The standard InChI is InChI=1S/C11H14ClNO/c1-7-3-4-9(6-10(7)12)11(14)5-8(2)13/h3-4,6,8H,5,13H2,1-2H3. The Morgan fingerprint density at radius 2 is 2.21 bits per heavy atom. The summed E-state index contributed by atoms with van der Waals surface area (Å²) in [5.74, 6) is 0.0434. The average molecular weight is 212 g/mol. The number of nitrogens with two attached hydrogens (primary N) is 1. The van der Waals surface area contributed by atoms with E-state index in [1.807, 2.05) is 19.9 Å². The van der Waals surface area contributed by atoms with Gasteiger partial charge in [0.2, 0.25) is 0 Å². The van der Waals surface area contributed by atoms with Gasteiger partial charge in [-0.1, -0.05) is 23.7 Å². The third-order valence-corrected chi connectivity index (χ3v) is 2.41. The molecule has 0 heterocycles. The molecule has 14 heavy (non-hydrogen) atoms. The Kier molecular flexibility index (Phi) is 3.67. The summed E-state index contributed by atoms with van der Waals surface area (Å²) in [5, 5.41) is 0.625. The van der Waals surface area contributed by atoms with Gasteiger partial charge in [0.1, 0.15) is 0 Å². The van der Waals surface area contributed by atoms with Gasteiger partial charge in [-0.3, -0.25) is 4.79 Å². The Morgan fingerprint density at radius 1 is 1.57 bits per heavy atom. The average Bonchev–Trinajstić information content (AvgIpc) is 2.08. The molecule has 0 amide bonds. The second kappa shape index (κ2) is 4.58. The number of Topliss-reactive ketones (excluding diaryl/α,β-unsaturated/α-hetero) is 1. The molecule has 3 heteroatoms. The second-order valence-electron chi connectivity index (χ2n) is 3.57. The molecule has 0 aromatic heterocycles. The summed E-state index contributed by atoms with van der Waals surface area (Å²) in [4.78, 5) is 11.6. The molecule has 0 saturated carbocycles. The van der Waals surface area contributed by atoms with E-state index < -0.39 is 0 Å². The lowest BCUT2D eigenvalue weighted by molar-refractivity contribution is 0.0976. The van der Waals surface area contributed by atoms with Crippen LogP contribution in [0.25, 0.3) is 0 Å². The van der Waals surface area contributed by atoms with Crippen molar-refractivity contribution in [2.24, 2.45) is 5.73 Å². The Balaban J connectivity index is 2.86. The highest BCUT2D eigenvalue weighted by Gasteiger charge is 2.09. The van der Waals surface area contributed by atoms with Crippen LogP contribution in [0.1, 0.15) is 29.3 Å². The van der Waals surface area contributed by atoms with Crippen LogP contribution >= 0.6 is 11.6 Å². The molecular formula is C11H14ClNO. The Hall–Kier alpha value is -0.860. The van der Waals surface area contributed by atoms with Crippen LogP contribution in [0.3, 0.4) is 0 Å². The van der Waals surface area contributed by atoms with Crippen LogP contribution in [0, 0.1) is 6.92 Å². The first kappa shape index (κ1) is 11.2. The summed E-state index contributed by atoms with van der Waals surface area (Å²) >= 11 is 5.91. The number of aryl methyl sites for hydroxylation is 1. The van der Waals surface area contributed by atoms with Crippen LogP contribution < -0.4 is 5.73 Å². The van der Waals surface area contributed by atoms with E-state index >= 15 is 0 Å². The molecule has 1 unspecified atom stereocenters. The fourth-order valence-corrected chi connectivity index (χ4v) is 1.36. The summed E-state index contributed by atoms with van der Waals surface area (Å²) in [6, 6.07) is 5.21. The van der Waals surface area contributed by atoms with Crippen LogP contribution in [-0.2, 0) is 0 Å². The van der Waals surface area contributed by atoms with E-state index in [1.165, 1.54) is 0 Å². The van der Waals surface area contributed by atoms with Gasteiger partial charge in [-0.25, -0.2) is 0 Å². The molecule has 1 aromatic carbocycles. The van der Waals surface area contributed by atoms with E-state index in [0.29, 0.717) is 17.0 Å². The van der Waals surface area contributed by atoms with E-state index in [-0.39, 0.29) is 11.8 Å². The molecule has 76 valence electrons. The number of halogens is 1. The molecule has 0 aliphatic heterocycles. The predicted octanol–water partition coefficient (Wildman–Crippen LogP) is 2.57. The first-order chi connectivity index (χ1) is 6.50. The van der Waals surface area contributed by atoms with Crippen LogP contribution in [0.2, 0.25) is 5.02 Å². The number of rotatable bonds is 3. The van der Waals surface area contributed by atoms with Gasteiger partial charge in [-0.2, -0.15) is 0 Å². The van der Waals surface area contributed by atoms with Gasteiger partial charge in [-0.05, 0) is 25.5 Å². The highest BCUT2D eigenvalue weighted by atomic mass is 35.5. The molecule has 0 fully saturated rings. The van der Waals surface area contributed by atoms with Gasteiger partial charge in [-0.15, -0.1) is 0 Å². The first-order valence-corrected chi connectivity index (χ1v) is 4.93. The zero-order chi connectivity index (χ0) is 10.7. The highest BCUT2D eigenvalue weighted by Crippen LogP contribution is 2.17. The van der Waals surface area contributed by atoms with E-state index in [4.69, 9.17) is 17.3 Å². The fraction of sp³-hybridized carbons (Fsp3) is 0.364. The van der Waals surface area contributed by atoms with E-state index in [0.717, 1.165) is 5.56 Å². The van der Waals surface area contributed by atoms with Crippen LogP contribution in [-0.4, -0.2) is 11.8 Å². The Bertz CT molecular complexity index is 347. The minimum atomic E-state index is -0.109. The smallest absolute Gasteiger partial charge is 0.164 e. The number of ketones is 1. The summed E-state index contributed by atoms with van der Waals surface area (Å²) < 4.78 is 0. The van der Waals surface area contributed by atoms with E-state index in [9.17, 15) is 4.79 Å². The normalized spacial score (nSPS) is 12.6. The monoisotopic (exact) mass is 211 g/mol. The predicted molar refractivity (Wildman–Crippen MR) is 58.8 cm³/mol. The Morgan fingerprint density at radius 3 is 2.71 bits per heavy atom. The summed E-state index contributed by atoms with van der Waals surface area (Å²) in [7, 11) is 0. The number of hydrogen-bond acceptors (Lipinski definition) is 2.